The van der Waals surface area contributed by atoms with Crippen LogP contribution in [0.2, 0.25) is 0 Å². The quantitative estimate of drug-likeness (QED) is 0.920. The van der Waals surface area contributed by atoms with Gasteiger partial charge in [-0.05, 0) is 50.5 Å². The van der Waals surface area contributed by atoms with E-state index in [0.717, 1.165) is 25.9 Å². The average molecular weight is 286 g/mol. The molecular formula is C17H19FN2O. The van der Waals surface area contributed by atoms with Gasteiger partial charge in [0.2, 0.25) is 0 Å². The Kier molecular flexibility index (Phi) is 3.88. The highest BCUT2D eigenvalue weighted by molar-refractivity contribution is 6.07. The Labute approximate surface area is 123 Å². The highest BCUT2D eigenvalue weighted by Gasteiger charge is 2.20. The van der Waals surface area contributed by atoms with Crippen molar-refractivity contribution in [3.05, 3.63) is 47.8 Å². The summed E-state index contributed by atoms with van der Waals surface area (Å²) < 4.78 is 13.8. The van der Waals surface area contributed by atoms with Crippen LogP contribution in [-0.4, -0.2) is 37.0 Å². The smallest absolute Gasteiger partial charge is 0.252 e. The van der Waals surface area contributed by atoms with E-state index in [9.17, 15) is 9.18 Å². The number of hydrogen-bond acceptors (Lipinski definition) is 2. The monoisotopic (exact) mass is 286 g/mol. The van der Waals surface area contributed by atoms with Crippen molar-refractivity contribution in [1.82, 2.24) is 10.2 Å². The Morgan fingerprint density at radius 2 is 1.81 bits per heavy atom. The molecule has 1 saturated heterocycles. The fraction of sp³-hybridized carbons (Fsp3) is 0.353. The molecule has 3 nitrogen and oxygen atoms in total. The normalized spacial score (nSPS) is 17.0. The number of halogens is 1. The molecule has 2 aromatic carbocycles. The Balaban J connectivity index is 1.83. The lowest BCUT2D eigenvalue weighted by Crippen LogP contribution is -2.43. The van der Waals surface area contributed by atoms with E-state index >= 15 is 0 Å². The molecule has 2 aromatic rings. The van der Waals surface area contributed by atoms with Crippen LogP contribution in [0.5, 0.6) is 0 Å². The summed E-state index contributed by atoms with van der Waals surface area (Å²) in [4.78, 5) is 14.7. The summed E-state index contributed by atoms with van der Waals surface area (Å²) in [6.45, 7) is 1.99. The third kappa shape index (κ3) is 2.90. The van der Waals surface area contributed by atoms with E-state index in [-0.39, 0.29) is 17.8 Å². The molecule has 0 bridgehead atoms. The van der Waals surface area contributed by atoms with Gasteiger partial charge < -0.3 is 10.2 Å². The first kappa shape index (κ1) is 14.0. The van der Waals surface area contributed by atoms with Crippen molar-refractivity contribution >= 4 is 16.7 Å². The fourth-order valence-corrected chi connectivity index (χ4v) is 2.88. The molecule has 3 rings (SSSR count). The number of benzene rings is 2. The molecule has 0 spiro atoms. The number of amides is 1. The van der Waals surface area contributed by atoms with E-state index in [2.05, 4.69) is 17.3 Å². The van der Waals surface area contributed by atoms with Gasteiger partial charge in [-0.25, -0.2) is 4.39 Å². The summed E-state index contributed by atoms with van der Waals surface area (Å²) in [6, 6.07) is 10.3. The van der Waals surface area contributed by atoms with E-state index in [4.69, 9.17) is 0 Å². The highest BCUT2D eigenvalue weighted by Crippen LogP contribution is 2.22. The second-order valence-electron chi connectivity index (χ2n) is 5.69. The van der Waals surface area contributed by atoms with Crippen LogP contribution in [0.15, 0.2) is 36.4 Å². The molecule has 4 heteroatoms. The van der Waals surface area contributed by atoms with Crippen LogP contribution in [0.25, 0.3) is 10.8 Å². The van der Waals surface area contributed by atoms with Crippen molar-refractivity contribution in [3.63, 3.8) is 0 Å². The van der Waals surface area contributed by atoms with Gasteiger partial charge in [0, 0.05) is 17.0 Å². The molecule has 1 aliphatic heterocycles. The van der Waals surface area contributed by atoms with E-state index in [1.165, 1.54) is 6.07 Å². The van der Waals surface area contributed by atoms with Crippen molar-refractivity contribution < 1.29 is 9.18 Å². The maximum atomic E-state index is 13.8. The predicted octanol–water partition coefficient (Wildman–Crippen LogP) is 2.80. The summed E-state index contributed by atoms with van der Waals surface area (Å²) in [5.41, 5.74) is 0.547. The topological polar surface area (TPSA) is 32.3 Å². The number of likely N-dealkylation sites (tertiary alicyclic amines) is 1. The summed E-state index contributed by atoms with van der Waals surface area (Å²) in [5.74, 6) is -0.401. The van der Waals surface area contributed by atoms with E-state index < -0.39 is 0 Å². The molecule has 0 aromatic heterocycles. The van der Waals surface area contributed by atoms with Crippen molar-refractivity contribution in [1.29, 1.82) is 0 Å². The van der Waals surface area contributed by atoms with Gasteiger partial charge in [-0.1, -0.05) is 24.3 Å². The van der Waals surface area contributed by atoms with E-state index in [1.54, 1.807) is 24.3 Å². The first-order chi connectivity index (χ1) is 10.1. The summed E-state index contributed by atoms with van der Waals surface area (Å²) >= 11 is 0. The standard InChI is InChI=1S/C17H19FN2O/c1-20-10-8-12(9-11-20)19-17(21)15-6-7-16(18)14-5-3-2-4-13(14)15/h2-7,12H,8-11H2,1H3,(H,19,21). The Morgan fingerprint density at radius 3 is 2.52 bits per heavy atom. The zero-order chi connectivity index (χ0) is 14.8. The second-order valence-corrected chi connectivity index (χ2v) is 5.69. The number of nitrogens with one attached hydrogen (secondary N) is 1. The predicted molar refractivity (Wildman–Crippen MR) is 81.9 cm³/mol. The first-order valence-corrected chi connectivity index (χ1v) is 7.32. The number of nitrogens with zero attached hydrogens (tertiary/aromatic N) is 1. The Morgan fingerprint density at radius 1 is 1.14 bits per heavy atom. The number of fused-ring (bicyclic) bond motifs is 1. The van der Waals surface area contributed by atoms with Crippen LogP contribution in [0.1, 0.15) is 23.2 Å². The third-order valence-corrected chi connectivity index (χ3v) is 4.17. The summed E-state index contributed by atoms with van der Waals surface area (Å²) in [6.07, 6.45) is 1.92. The molecule has 0 saturated carbocycles. The minimum Gasteiger partial charge on any atom is -0.349 e. The molecule has 1 fully saturated rings. The largest absolute Gasteiger partial charge is 0.349 e. The maximum absolute atomic E-state index is 13.8. The van der Waals surface area contributed by atoms with Crippen molar-refractivity contribution in [3.8, 4) is 0 Å². The zero-order valence-corrected chi connectivity index (χ0v) is 12.1. The van der Waals surface area contributed by atoms with Crippen molar-refractivity contribution in [2.24, 2.45) is 0 Å². The molecular weight excluding hydrogens is 267 g/mol. The first-order valence-electron chi connectivity index (χ1n) is 7.32. The molecule has 21 heavy (non-hydrogen) atoms. The van der Waals surface area contributed by atoms with Crippen molar-refractivity contribution in [2.75, 3.05) is 20.1 Å². The average Bonchev–Trinajstić information content (AvgIpc) is 2.50. The van der Waals surface area contributed by atoms with Gasteiger partial charge in [-0.15, -0.1) is 0 Å². The van der Waals surface area contributed by atoms with E-state index in [1.807, 2.05) is 6.07 Å². The fourth-order valence-electron chi connectivity index (χ4n) is 2.88. The maximum Gasteiger partial charge on any atom is 0.252 e. The second kappa shape index (κ2) is 5.82. The van der Waals surface area contributed by atoms with Crippen LogP contribution in [0, 0.1) is 5.82 Å². The Bertz CT molecular complexity index is 663. The molecule has 0 aliphatic carbocycles. The van der Waals surface area contributed by atoms with Gasteiger partial charge in [-0.2, -0.15) is 0 Å². The van der Waals surface area contributed by atoms with Gasteiger partial charge in [0.1, 0.15) is 5.82 Å². The number of piperidine rings is 1. The van der Waals surface area contributed by atoms with Crippen LogP contribution in [0.3, 0.4) is 0 Å². The van der Waals surface area contributed by atoms with Gasteiger partial charge in [0.15, 0.2) is 0 Å². The molecule has 110 valence electrons. The van der Waals surface area contributed by atoms with E-state index in [0.29, 0.717) is 16.3 Å². The van der Waals surface area contributed by atoms with Crippen LogP contribution in [-0.2, 0) is 0 Å². The minimum absolute atomic E-state index is 0.110. The molecule has 1 N–H and O–H groups in total. The van der Waals surface area contributed by atoms with Gasteiger partial charge in [-0.3, -0.25) is 4.79 Å². The number of rotatable bonds is 2. The Hall–Kier alpha value is -1.94. The molecule has 1 heterocycles. The van der Waals surface area contributed by atoms with Gasteiger partial charge >= 0.3 is 0 Å². The molecule has 0 radical (unpaired) electrons. The minimum atomic E-state index is -0.290. The molecule has 1 amide bonds. The van der Waals surface area contributed by atoms with Crippen LogP contribution < -0.4 is 5.32 Å². The van der Waals surface area contributed by atoms with Crippen LogP contribution >= 0.6 is 0 Å². The SMILES string of the molecule is CN1CCC(NC(=O)c2ccc(F)c3ccccc23)CC1. The lowest BCUT2D eigenvalue weighted by atomic mass is 10.0. The number of hydrogen-bond donors (Lipinski definition) is 1. The molecule has 1 aliphatic rings. The van der Waals surface area contributed by atoms with Crippen LogP contribution in [0.4, 0.5) is 4.39 Å². The number of carbonyl (C=O) groups is 1. The lowest BCUT2D eigenvalue weighted by Gasteiger charge is -2.29. The van der Waals surface area contributed by atoms with Crippen molar-refractivity contribution in [2.45, 2.75) is 18.9 Å². The highest BCUT2D eigenvalue weighted by atomic mass is 19.1. The zero-order valence-electron chi connectivity index (χ0n) is 12.1. The van der Waals surface area contributed by atoms with Gasteiger partial charge in [0.05, 0.1) is 0 Å². The summed E-state index contributed by atoms with van der Waals surface area (Å²) in [7, 11) is 2.09. The lowest BCUT2D eigenvalue weighted by molar-refractivity contribution is 0.0918. The van der Waals surface area contributed by atoms with Gasteiger partial charge in [0.25, 0.3) is 5.91 Å². The third-order valence-electron chi connectivity index (χ3n) is 4.17. The molecule has 0 atom stereocenters. The molecule has 0 unspecified atom stereocenters. The number of carbonyl (C=O) groups excluding carboxylic acids is 1. The summed E-state index contributed by atoms with van der Waals surface area (Å²) in [5, 5.41) is 4.24.